The van der Waals surface area contributed by atoms with E-state index in [0.29, 0.717) is 45.4 Å². The first-order valence-corrected chi connectivity index (χ1v) is 15.8. The van der Waals surface area contributed by atoms with Crippen molar-refractivity contribution in [1.82, 2.24) is 20.0 Å². The molecule has 1 fully saturated rings. The van der Waals surface area contributed by atoms with Crippen LogP contribution in [-0.2, 0) is 45.6 Å². The van der Waals surface area contributed by atoms with Crippen LogP contribution in [0.1, 0.15) is 42.4 Å². The summed E-state index contributed by atoms with van der Waals surface area (Å²) in [7, 11) is 3.22. The number of benzene rings is 3. The van der Waals surface area contributed by atoms with Gasteiger partial charge in [0.15, 0.2) is 0 Å². The molecule has 1 aromatic heterocycles. The highest BCUT2D eigenvalue weighted by atomic mass is 16.5. The second-order valence-electron chi connectivity index (χ2n) is 11.9. The Morgan fingerprint density at radius 2 is 1.65 bits per heavy atom. The molecule has 0 unspecified atom stereocenters. The topological polar surface area (TPSA) is 103 Å². The van der Waals surface area contributed by atoms with Crippen LogP contribution in [0.5, 0.6) is 5.75 Å². The molecule has 5 rings (SSSR count). The Kier molecular flexibility index (Phi) is 11.2. The van der Waals surface area contributed by atoms with E-state index in [1.165, 1.54) is 7.11 Å². The molecule has 1 aliphatic heterocycles. The first-order valence-electron chi connectivity index (χ1n) is 15.8. The van der Waals surface area contributed by atoms with Crippen molar-refractivity contribution < 1.29 is 23.9 Å². The summed E-state index contributed by atoms with van der Waals surface area (Å²) in [6, 6.07) is 24.9. The first kappa shape index (κ1) is 32.5. The Bertz CT molecular complexity index is 1590. The smallest absolute Gasteiger partial charge is 0.328 e. The lowest BCUT2D eigenvalue weighted by Gasteiger charge is -2.32. The van der Waals surface area contributed by atoms with Crippen molar-refractivity contribution in [1.29, 1.82) is 0 Å². The van der Waals surface area contributed by atoms with E-state index in [1.807, 2.05) is 85.0 Å². The maximum Gasteiger partial charge on any atom is 0.328 e. The van der Waals surface area contributed by atoms with Crippen molar-refractivity contribution in [2.45, 2.75) is 51.2 Å². The first-order chi connectivity index (χ1) is 22.4. The van der Waals surface area contributed by atoms with Crippen LogP contribution in [-0.4, -0.2) is 58.7 Å². The largest absolute Gasteiger partial charge is 0.489 e. The standard InChI is InChI=1S/C37H42N4O5/c1-40-25-32(24-38-40)31-10-6-9-27(21-31)13-16-36(43)41-19-17-29(18-20-41)23-35(42)39-34(37(44)45-2)22-28-11-14-33(15-12-28)46-26-30-7-4-3-5-8-30/h3-12,14-15,21,24-25,29,34H,13,16-20,22-23,26H2,1-2H3,(H,39,42)/t34-/m0/s1. The molecule has 4 aromatic rings. The van der Waals surface area contributed by atoms with Gasteiger partial charge in [-0.1, -0.05) is 66.7 Å². The summed E-state index contributed by atoms with van der Waals surface area (Å²) >= 11 is 0. The van der Waals surface area contributed by atoms with Gasteiger partial charge in [0.05, 0.1) is 13.3 Å². The lowest BCUT2D eigenvalue weighted by molar-refractivity contribution is -0.145. The molecule has 3 aromatic carbocycles. The minimum absolute atomic E-state index is 0.136. The fourth-order valence-corrected chi connectivity index (χ4v) is 5.82. The molecule has 0 aliphatic carbocycles. The number of aryl methyl sites for hydroxylation is 2. The van der Waals surface area contributed by atoms with Crippen LogP contribution in [0.15, 0.2) is 91.3 Å². The maximum absolute atomic E-state index is 13.0. The SMILES string of the molecule is COC(=O)[C@H](Cc1ccc(OCc2ccccc2)cc1)NC(=O)CC1CCN(C(=O)CCc2cccc(-c3cnn(C)c3)c2)CC1. The quantitative estimate of drug-likeness (QED) is 0.208. The Morgan fingerprint density at radius 3 is 2.35 bits per heavy atom. The predicted molar refractivity (Wildman–Crippen MR) is 176 cm³/mol. The van der Waals surface area contributed by atoms with Gasteiger partial charge in [0.25, 0.3) is 0 Å². The molecule has 9 heteroatoms. The molecule has 0 radical (unpaired) electrons. The number of carbonyl (C=O) groups is 3. The molecule has 1 aliphatic rings. The minimum atomic E-state index is -0.785. The number of hydrogen-bond donors (Lipinski definition) is 1. The molecule has 1 saturated heterocycles. The van der Waals surface area contributed by atoms with Gasteiger partial charge in [-0.05, 0) is 59.6 Å². The molecule has 2 heterocycles. The van der Waals surface area contributed by atoms with Crippen LogP contribution in [0.2, 0.25) is 0 Å². The van der Waals surface area contributed by atoms with E-state index in [4.69, 9.17) is 9.47 Å². The van der Waals surface area contributed by atoms with Gasteiger partial charge in [-0.3, -0.25) is 14.3 Å². The summed E-state index contributed by atoms with van der Waals surface area (Å²) in [5, 5.41) is 7.13. The molecule has 9 nitrogen and oxygen atoms in total. The normalized spacial score (nSPS) is 14.0. The van der Waals surface area contributed by atoms with Crippen LogP contribution in [0.4, 0.5) is 0 Å². The van der Waals surface area contributed by atoms with E-state index in [0.717, 1.165) is 46.4 Å². The Labute approximate surface area is 270 Å². The summed E-state index contributed by atoms with van der Waals surface area (Å²) in [4.78, 5) is 40.4. The van der Waals surface area contributed by atoms with Crippen LogP contribution in [0, 0.1) is 5.92 Å². The van der Waals surface area contributed by atoms with Gasteiger partial charge < -0.3 is 19.7 Å². The second-order valence-corrected chi connectivity index (χ2v) is 11.9. The van der Waals surface area contributed by atoms with E-state index < -0.39 is 12.0 Å². The van der Waals surface area contributed by atoms with Crippen LogP contribution >= 0.6 is 0 Å². The van der Waals surface area contributed by atoms with Crippen molar-refractivity contribution in [3.05, 3.63) is 108 Å². The predicted octanol–water partition coefficient (Wildman–Crippen LogP) is 5.13. The fraction of sp³-hybridized carbons (Fsp3) is 0.351. The number of piperidine rings is 1. The minimum Gasteiger partial charge on any atom is -0.489 e. The Hall–Kier alpha value is -4.92. The van der Waals surface area contributed by atoms with E-state index in [1.54, 1.807) is 4.68 Å². The molecule has 1 atom stereocenters. The van der Waals surface area contributed by atoms with Crippen LogP contribution < -0.4 is 10.1 Å². The number of carbonyl (C=O) groups excluding carboxylic acids is 3. The zero-order valence-electron chi connectivity index (χ0n) is 26.6. The van der Waals surface area contributed by atoms with Gasteiger partial charge in [-0.25, -0.2) is 4.79 Å². The third-order valence-electron chi connectivity index (χ3n) is 8.47. The molecular weight excluding hydrogens is 580 g/mol. The lowest BCUT2D eigenvalue weighted by atomic mass is 9.92. The summed E-state index contributed by atoms with van der Waals surface area (Å²) in [6.45, 7) is 1.73. The van der Waals surface area contributed by atoms with Gasteiger partial charge in [0.2, 0.25) is 11.8 Å². The summed E-state index contributed by atoms with van der Waals surface area (Å²) in [5.74, 6) is 0.350. The lowest BCUT2D eigenvalue weighted by Crippen LogP contribution is -2.44. The van der Waals surface area contributed by atoms with Gasteiger partial charge in [-0.2, -0.15) is 5.10 Å². The number of nitrogens with zero attached hydrogens (tertiary/aromatic N) is 3. The number of methoxy groups -OCH3 is 1. The van der Waals surface area contributed by atoms with Gasteiger partial charge >= 0.3 is 5.97 Å². The molecule has 0 bridgehead atoms. The fourth-order valence-electron chi connectivity index (χ4n) is 5.82. The monoisotopic (exact) mass is 622 g/mol. The van der Waals surface area contributed by atoms with Crippen LogP contribution in [0.3, 0.4) is 0 Å². The summed E-state index contributed by atoms with van der Waals surface area (Å²) in [5.41, 5.74) is 5.23. The summed E-state index contributed by atoms with van der Waals surface area (Å²) < 4.78 is 12.6. The van der Waals surface area contributed by atoms with E-state index in [-0.39, 0.29) is 17.7 Å². The molecular formula is C37H42N4O5. The number of ether oxygens (including phenoxy) is 2. The highest BCUT2D eigenvalue weighted by Crippen LogP contribution is 2.23. The highest BCUT2D eigenvalue weighted by molar-refractivity contribution is 5.84. The molecule has 0 spiro atoms. The third-order valence-corrected chi connectivity index (χ3v) is 8.47. The average molecular weight is 623 g/mol. The van der Waals surface area contributed by atoms with Gasteiger partial charge in [0.1, 0.15) is 18.4 Å². The second kappa shape index (κ2) is 15.9. The molecule has 46 heavy (non-hydrogen) atoms. The van der Waals surface area contributed by atoms with Crippen molar-refractivity contribution in [2.24, 2.45) is 13.0 Å². The van der Waals surface area contributed by atoms with Crippen LogP contribution in [0.25, 0.3) is 11.1 Å². The molecule has 1 N–H and O–H groups in total. The molecule has 240 valence electrons. The average Bonchev–Trinajstić information content (AvgIpc) is 3.53. The number of hydrogen-bond acceptors (Lipinski definition) is 6. The molecule has 2 amide bonds. The number of aromatic nitrogens is 2. The number of likely N-dealkylation sites (tertiary alicyclic amines) is 1. The molecule has 0 saturated carbocycles. The maximum atomic E-state index is 13.0. The number of amides is 2. The Morgan fingerprint density at radius 1 is 0.913 bits per heavy atom. The number of esters is 1. The number of rotatable bonds is 13. The zero-order chi connectivity index (χ0) is 32.3. The van der Waals surface area contributed by atoms with Crippen molar-refractivity contribution in [3.8, 4) is 16.9 Å². The van der Waals surface area contributed by atoms with E-state index >= 15 is 0 Å². The Balaban J connectivity index is 1.05. The number of nitrogens with one attached hydrogen (secondary N) is 1. The van der Waals surface area contributed by atoms with E-state index in [9.17, 15) is 14.4 Å². The van der Waals surface area contributed by atoms with Gasteiger partial charge in [0, 0.05) is 51.2 Å². The summed E-state index contributed by atoms with van der Waals surface area (Å²) in [6.07, 6.45) is 7.07. The van der Waals surface area contributed by atoms with E-state index in [2.05, 4.69) is 28.6 Å². The highest BCUT2D eigenvalue weighted by Gasteiger charge is 2.27. The van der Waals surface area contributed by atoms with Crippen molar-refractivity contribution in [3.63, 3.8) is 0 Å². The van der Waals surface area contributed by atoms with Crippen molar-refractivity contribution >= 4 is 17.8 Å². The zero-order valence-corrected chi connectivity index (χ0v) is 26.6. The van der Waals surface area contributed by atoms with Gasteiger partial charge in [-0.15, -0.1) is 0 Å². The van der Waals surface area contributed by atoms with Crippen molar-refractivity contribution in [2.75, 3.05) is 20.2 Å². The third kappa shape index (κ3) is 9.30.